The molecule has 21 heavy (non-hydrogen) atoms. The van der Waals surface area contributed by atoms with Gasteiger partial charge in [-0.2, -0.15) is 0 Å². The number of benzene rings is 1. The van der Waals surface area contributed by atoms with Crippen LogP contribution >= 0.6 is 0 Å². The number of aryl methyl sites for hydroxylation is 1. The number of amides is 1. The fraction of sp³-hybridized carbons (Fsp3) is 0.200. The lowest BCUT2D eigenvalue weighted by atomic mass is 10.2. The molecular formula is C15H17FN4O. The molecule has 0 aliphatic heterocycles. The molecule has 1 aromatic heterocycles. The third-order valence-electron chi connectivity index (χ3n) is 2.88. The zero-order valence-corrected chi connectivity index (χ0v) is 11.7. The van der Waals surface area contributed by atoms with E-state index in [1.54, 1.807) is 6.07 Å². The molecule has 0 saturated carbocycles. The van der Waals surface area contributed by atoms with Crippen LogP contribution in [0.25, 0.3) is 0 Å². The largest absolute Gasteiger partial charge is 0.396 e. The van der Waals surface area contributed by atoms with Gasteiger partial charge in [0.1, 0.15) is 11.6 Å². The van der Waals surface area contributed by atoms with E-state index in [1.807, 2.05) is 13.0 Å². The van der Waals surface area contributed by atoms with Crippen molar-refractivity contribution in [3.05, 3.63) is 53.5 Å². The Morgan fingerprint density at radius 1 is 1.19 bits per heavy atom. The molecule has 6 heteroatoms. The number of aromatic nitrogens is 1. The van der Waals surface area contributed by atoms with Crippen molar-refractivity contribution in [1.29, 1.82) is 0 Å². The summed E-state index contributed by atoms with van der Waals surface area (Å²) in [6.45, 7) is 2.78. The van der Waals surface area contributed by atoms with E-state index in [4.69, 9.17) is 5.73 Å². The van der Waals surface area contributed by atoms with Crippen LogP contribution < -0.4 is 16.4 Å². The highest BCUT2D eigenvalue weighted by Crippen LogP contribution is 2.14. The highest BCUT2D eigenvalue weighted by molar-refractivity contribution is 5.94. The van der Waals surface area contributed by atoms with Gasteiger partial charge in [0.25, 0.3) is 5.91 Å². The molecule has 0 unspecified atom stereocenters. The van der Waals surface area contributed by atoms with E-state index in [0.717, 1.165) is 5.69 Å². The second-order valence-corrected chi connectivity index (χ2v) is 4.58. The summed E-state index contributed by atoms with van der Waals surface area (Å²) in [5.41, 5.74) is 7.63. The maximum absolute atomic E-state index is 12.8. The molecule has 2 aromatic rings. The monoisotopic (exact) mass is 288 g/mol. The molecule has 5 nitrogen and oxygen atoms in total. The van der Waals surface area contributed by atoms with Gasteiger partial charge in [-0.3, -0.25) is 4.79 Å². The summed E-state index contributed by atoms with van der Waals surface area (Å²) in [6, 6.07) is 9.00. The quantitative estimate of drug-likeness (QED) is 0.735. The summed E-state index contributed by atoms with van der Waals surface area (Å²) in [4.78, 5) is 16.1. The van der Waals surface area contributed by atoms with Gasteiger partial charge in [-0.05, 0) is 43.3 Å². The number of pyridine rings is 1. The number of halogens is 1. The van der Waals surface area contributed by atoms with Crippen molar-refractivity contribution >= 4 is 17.4 Å². The van der Waals surface area contributed by atoms with Crippen LogP contribution in [0, 0.1) is 12.7 Å². The van der Waals surface area contributed by atoms with Gasteiger partial charge in [-0.25, -0.2) is 9.37 Å². The Morgan fingerprint density at radius 2 is 1.90 bits per heavy atom. The van der Waals surface area contributed by atoms with Crippen LogP contribution in [0.1, 0.15) is 16.1 Å². The van der Waals surface area contributed by atoms with Crippen molar-refractivity contribution in [2.75, 3.05) is 24.1 Å². The first-order valence-corrected chi connectivity index (χ1v) is 6.57. The standard InChI is InChI=1S/C15H17FN4O/c1-10-2-7-13(17)14(20-10)18-8-9-19-15(21)11-3-5-12(16)6-4-11/h2-7H,8-9,17H2,1H3,(H,18,20)(H,19,21). The van der Waals surface area contributed by atoms with Gasteiger partial charge in [0, 0.05) is 24.3 Å². The Balaban J connectivity index is 1.80. The van der Waals surface area contributed by atoms with Crippen LogP contribution in [0.2, 0.25) is 0 Å². The topological polar surface area (TPSA) is 80.0 Å². The number of anilines is 2. The van der Waals surface area contributed by atoms with Crippen LogP contribution in [-0.4, -0.2) is 24.0 Å². The lowest BCUT2D eigenvalue weighted by molar-refractivity contribution is 0.0955. The van der Waals surface area contributed by atoms with E-state index < -0.39 is 0 Å². The Morgan fingerprint density at radius 3 is 2.62 bits per heavy atom. The molecule has 4 N–H and O–H groups in total. The van der Waals surface area contributed by atoms with E-state index in [-0.39, 0.29) is 11.7 Å². The summed E-state index contributed by atoms with van der Waals surface area (Å²) < 4.78 is 12.8. The van der Waals surface area contributed by atoms with Gasteiger partial charge in [-0.1, -0.05) is 0 Å². The molecule has 110 valence electrons. The zero-order valence-electron chi connectivity index (χ0n) is 11.7. The predicted octanol–water partition coefficient (Wildman–Crippen LogP) is 1.95. The van der Waals surface area contributed by atoms with Gasteiger partial charge in [0.05, 0.1) is 5.69 Å². The molecule has 0 aliphatic carbocycles. The summed E-state index contributed by atoms with van der Waals surface area (Å²) in [5, 5.41) is 5.79. The lowest BCUT2D eigenvalue weighted by Crippen LogP contribution is -2.29. The number of nitrogens with two attached hydrogens (primary N) is 1. The number of hydrogen-bond acceptors (Lipinski definition) is 4. The first-order chi connectivity index (χ1) is 10.1. The van der Waals surface area contributed by atoms with E-state index in [9.17, 15) is 9.18 Å². The Labute approximate surface area is 122 Å². The van der Waals surface area contributed by atoms with E-state index in [0.29, 0.717) is 30.2 Å². The van der Waals surface area contributed by atoms with E-state index in [1.165, 1.54) is 24.3 Å². The second-order valence-electron chi connectivity index (χ2n) is 4.58. The summed E-state index contributed by atoms with van der Waals surface area (Å²) in [5.74, 6) is -0.0118. The fourth-order valence-electron chi connectivity index (χ4n) is 1.77. The molecule has 0 bridgehead atoms. The second kappa shape index (κ2) is 6.69. The Kier molecular flexibility index (Phi) is 4.71. The van der Waals surface area contributed by atoms with Crippen LogP contribution in [0.3, 0.4) is 0 Å². The van der Waals surface area contributed by atoms with Crippen molar-refractivity contribution in [2.45, 2.75) is 6.92 Å². The van der Waals surface area contributed by atoms with Crippen molar-refractivity contribution in [3.63, 3.8) is 0 Å². The summed E-state index contributed by atoms with van der Waals surface area (Å²) in [6.07, 6.45) is 0. The van der Waals surface area contributed by atoms with Crippen LogP contribution in [-0.2, 0) is 0 Å². The number of hydrogen-bond donors (Lipinski definition) is 3. The molecular weight excluding hydrogens is 271 g/mol. The SMILES string of the molecule is Cc1ccc(N)c(NCCNC(=O)c2ccc(F)cc2)n1. The normalized spacial score (nSPS) is 10.2. The fourth-order valence-corrected chi connectivity index (χ4v) is 1.77. The van der Waals surface area contributed by atoms with Crippen LogP contribution in [0.4, 0.5) is 15.9 Å². The smallest absolute Gasteiger partial charge is 0.251 e. The van der Waals surface area contributed by atoms with Gasteiger partial charge in [-0.15, -0.1) is 0 Å². The molecule has 0 atom stereocenters. The van der Waals surface area contributed by atoms with Crippen LogP contribution in [0.15, 0.2) is 36.4 Å². The molecule has 0 radical (unpaired) electrons. The number of carbonyl (C=O) groups is 1. The van der Waals surface area contributed by atoms with Crippen molar-refractivity contribution < 1.29 is 9.18 Å². The minimum Gasteiger partial charge on any atom is -0.396 e. The third-order valence-corrected chi connectivity index (χ3v) is 2.88. The molecule has 1 amide bonds. The molecule has 0 fully saturated rings. The van der Waals surface area contributed by atoms with Gasteiger partial charge < -0.3 is 16.4 Å². The highest BCUT2D eigenvalue weighted by Gasteiger charge is 2.05. The van der Waals surface area contributed by atoms with E-state index in [2.05, 4.69) is 15.6 Å². The number of rotatable bonds is 5. The highest BCUT2D eigenvalue weighted by atomic mass is 19.1. The minimum absolute atomic E-state index is 0.248. The first-order valence-electron chi connectivity index (χ1n) is 6.57. The molecule has 1 aromatic carbocycles. The molecule has 2 rings (SSSR count). The molecule has 0 aliphatic rings. The zero-order chi connectivity index (χ0) is 15.2. The summed E-state index contributed by atoms with van der Waals surface area (Å²) >= 11 is 0. The Bertz CT molecular complexity index is 628. The van der Waals surface area contributed by atoms with Gasteiger partial charge in [0.15, 0.2) is 0 Å². The lowest BCUT2D eigenvalue weighted by Gasteiger charge is -2.10. The van der Waals surface area contributed by atoms with Crippen molar-refractivity contribution in [1.82, 2.24) is 10.3 Å². The van der Waals surface area contributed by atoms with E-state index >= 15 is 0 Å². The maximum atomic E-state index is 12.8. The van der Waals surface area contributed by atoms with Gasteiger partial charge in [0.2, 0.25) is 0 Å². The third kappa shape index (κ3) is 4.17. The number of nitrogen functional groups attached to an aromatic ring is 1. The minimum atomic E-state index is -0.366. The molecule has 0 spiro atoms. The van der Waals surface area contributed by atoms with Gasteiger partial charge >= 0.3 is 0 Å². The number of nitrogens with one attached hydrogen (secondary N) is 2. The number of carbonyl (C=O) groups excluding carboxylic acids is 1. The van der Waals surface area contributed by atoms with Crippen molar-refractivity contribution in [3.8, 4) is 0 Å². The predicted molar refractivity (Wildman–Crippen MR) is 80.6 cm³/mol. The molecule has 0 saturated heterocycles. The van der Waals surface area contributed by atoms with Crippen molar-refractivity contribution in [2.24, 2.45) is 0 Å². The maximum Gasteiger partial charge on any atom is 0.251 e. The average molecular weight is 288 g/mol. The molecule has 1 heterocycles. The summed E-state index contributed by atoms with van der Waals surface area (Å²) in [7, 11) is 0. The number of nitrogens with zero attached hydrogens (tertiary/aromatic N) is 1. The first kappa shape index (κ1) is 14.8. The van der Waals surface area contributed by atoms with Crippen LogP contribution in [0.5, 0.6) is 0 Å². The Hall–Kier alpha value is -2.63. The average Bonchev–Trinajstić information content (AvgIpc) is 2.47.